The number of carbonyl (C=O) groups is 1. The van der Waals surface area contributed by atoms with E-state index in [-0.39, 0.29) is 24.5 Å². The number of piperidine rings is 1. The molecule has 2 saturated heterocycles. The molecule has 2 aliphatic heterocycles. The third kappa shape index (κ3) is 7.06. The molecule has 4 rings (SSSR count). The molecule has 1 aliphatic carbocycles. The zero-order valence-electron chi connectivity index (χ0n) is 25.8. The fourth-order valence-electron chi connectivity index (χ4n) is 6.14. The van der Waals surface area contributed by atoms with Gasteiger partial charge in [-0.05, 0) is 77.9 Å². The third-order valence-electron chi connectivity index (χ3n) is 8.38. The molecule has 1 unspecified atom stereocenters. The molecule has 0 radical (unpaired) electrons. The molecule has 2 heterocycles. The number of alkyl halides is 1. The predicted octanol–water partition coefficient (Wildman–Crippen LogP) is 3.94. The lowest BCUT2D eigenvalue weighted by atomic mass is 10.0. The molecule has 0 aromatic heterocycles. The van der Waals surface area contributed by atoms with Crippen molar-refractivity contribution in [1.82, 2.24) is 20.0 Å². The van der Waals surface area contributed by atoms with Gasteiger partial charge in [-0.15, -0.1) is 0 Å². The van der Waals surface area contributed by atoms with Crippen LogP contribution in [0.5, 0.6) is 5.75 Å². The number of amidine groups is 2. The zero-order valence-corrected chi connectivity index (χ0v) is 25.8. The number of amides is 1. The number of rotatable bonds is 8. The Morgan fingerprint density at radius 2 is 1.93 bits per heavy atom. The molecule has 10 nitrogen and oxygen atoms in total. The summed E-state index contributed by atoms with van der Waals surface area (Å²) in [5, 5.41) is 6.37. The Kier molecular flexibility index (Phi) is 10.1. The summed E-state index contributed by atoms with van der Waals surface area (Å²) < 4.78 is 21.9. The van der Waals surface area contributed by atoms with Crippen LogP contribution >= 0.6 is 0 Å². The number of aliphatic imine (C=N–C) groups is 2. The number of halogens is 1. The smallest absolute Gasteiger partial charge is 0.251 e. The van der Waals surface area contributed by atoms with Crippen molar-refractivity contribution in [2.45, 2.75) is 70.1 Å². The maximum atomic E-state index is 16.2. The molecule has 1 amide bonds. The molecule has 0 spiro atoms. The Labute approximate surface area is 249 Å². The Bertz CT molecular complexity index is 1230. The Morgan fingerprint density at radius 3 is 2.55 bits per heavy atom. The molecule has 1 atom stereocenters. The van der Waals surface area contributed by atoms with Gasteiger partial charge in [-0.25, -0.2) is 9.38 Å². The number of benzene rings is 1. The van der Waals surface area contributed by atoms with E-state index in [0.717, 1.165) is 51.6 Å². The van der Waals surface area contributed by atoms with Gasteiger partial charge in [0.05, 0.1) is 19.3 Å². The first-order valence-electron chi connectivity index (χ1n) is 15.0. The van der Waals surface area contributed by atoms with Crippen LogP contribution in [-0.2, 0) is 0 Å². The second-order valence-electron chi connectivity index (χ2n) is 11.6. The van der Waals surface area contributed by atoms with E-state index in [1.807, 2.05) is 11.8 Å². The van der Waals surface area contributed by atoms with Crippen LogP contribution in [0.3, 0.4) is 0 Å². The van der Waals surface area contributed by atoms with E-state index in [1.54, 1.807) is 44.2 Å². The minimum absolute atomic E-state index is 0.106. The quantitative estimate of drug-likeness (QED) is 0.426. The number of nitrogens with zero attached hydrogens (tertiary/aromatic N) is 5. The van der Waals surface area contributed by atoms with Crippen molar-refractivity contribution in [2.24, 2.45) is 15.7 Å². The molecule has 230 valence electrons. The minimum atomic E-state index is -1.71. The SMILES string of the molecule is C=C(N=C1/C(=C\N)N(C)C(=NCC)C(C)(F)CN1C1CCCC1)Nc1ccc(C(=O)NC2CCN(C)CC2)cc1OC. The van der Waals surface area contributed by atoms with E-state index < -0.39 is 5.67 Å². The van der Waals surface area contributed by atoms with E-state index in [9.17, 15) is 4.79 Å². The van der Waals surface area contributed by atoms with Gasteiger partial charge in [0.1, 0.15) is 23.1 Å². The van der Waals surface area contributed by atoms with Gasteiger partial charge >= 0.3 is 0 Å². The average molecular weight is 583 g/mol. The van der Waals surface area contributed by atoms with Crippen molar-refractivity contribution in [2.75, 3.05) is 52.7 Å². The molecular weight excluding hydrogens is 535 g/mol. The Morgan fingerprint density at radius 1 is 1.24 bits per heavy atom. The minimum Gasteiger partial charge on any atom is -0.495 e. The van der Waals surface area contributed by atoms with E-state index in [1.165, 1.54) is 6.20 Å². The number of likely N-dealkylation sites (N-methyl/N-ethyl adjacent to an activating group) is 1. The summed E-state index contributed by atoms with van der Waals surface area (Å²) in [6.07, 6.45) is 7.38. The fourth-order valence-corrected chi connectivity index (χ4v) is 6.14. The highest BCUT2D eigenvalue weighted by molar-refractivity contribution is 6.06. The van der Waals surface area contributed by atoms with Crippen molar-refractivity contribution in [3.63, 3.8) is 0 Å². The van der Waals surface area contributed by atoms with Crippen molar-refractivity contribution >= 4 is 23.3 Å². The standard InChI is InChI=1S/C31H47FN8O2/c1-7-34-30-31(3,32)20-40(24-10-8-9-11-24)28(26(19-33)39(30)5)36-21(2)35-25-13-12-22(18-27(25)42-6)29(41)37-23-14-16-38(4)17-15-23/h12-13,18-19,23-24,35H,2,7-11,14-17,20,33H2,1,3-6H3,(H,37,41)/b26-19+,34-30?,36-28?. The summed E-state index contributed by atoms with van der Waals surface area (Å²) in [7, 11) is 5.42. The lowest BCUT2D eigenvalue weighted by molar-refractivity contribution is 0.0916. The normalized spacial score (nSPS) is 25.7. The van der Waals surface area contributed by atoms with Gasteiger partial charge in [-0.2, -0.15) is 0 Å². The van der Waals surface area contributed by atoms with Crippen molar-refractivity contribution in [3.8, 4) is 5.75 Å². The zero-order chi connectivity index (χ0) is 30.4. The molecular formula is C31H47FN8O2. The van der Waals surface area contributed by atoms with E-state index in [0.29, 0.717) is 46.7 Å². The van der Waals surface area contributed by atoms with Gasteiger partial charge in [0.25, 0.3) is 5.91 Å². The Hall–Kier alpha value is -3.60. The average Bonchev–Trinajstić information content (AvgIpc) is 3.48. The van der Waals surface area contributed by atoms with Crippen LogP contribution < -0.4 is 21.1 Å². The second-order valence-corrected chi connectivity index (χ2v) is 11.6. The van der Waals surface area contributed by atoms with E-state index in [4.69, 9.17) is 15.5 Å². The highest BCUT2D eigenvalue weighted by atomic mass is 19.1. The van der Waals surface area contributed by atoms with Crippen molar-refractivity contribution in [1.29, 1.82) is 0 Å². The summed E-state index contributed by atoms with van der Waals surface area (Å²) in [4.78, 5) is 28.3. The molecule has 1 saturated carbocycles. The predicted molar refractivity (Wildman–Crippen MR) is 168 cm³/mol. The molecule has 4 N–H and O–H groups in total. The molecule has 3 fully saturated rings. The van der Waals surface area contributed by atoms with Gasteiger partial charge in [0, 0.05) is 37.4 Å². The first-order valence-corrected chi connectivity index (χ1v) is 15.0. The maximum absolute atomic E-state index is 16.2. The molecule has 1 aromatic rings. The number of hydrogen-bond donors (Lipinski definition) is 3. The van der Waals surface area contributed by atoms with Crippen LogP contribution in [0.1, 0.15) is 62.7 Å². The van der Waals surface area contributed by atoms with Crippen LogP contribution in [0, 0.1) is 0 Å². The highest BCUT2D eigenvalue weighted by Crippen LogP contribution is 2.33. The summed E-state index contributed by atoms with van der Waals surface area (Å²) >= 11 is 0. The van der Waals surface area contributed by atoms with Crippen LogP contribution in [0.4, 0.5) is 10.1 Å². The van der Waals surface area contributed by atoms with Crippen LogP contribution in [-0.4, -0.2) is 97.4 Å². The number of hydrogen-bond acceptors (Lipinski definition) is 7. The molecule has 42 heavy (non-hydrogen) atoms. The number of nitrogens with two attached hydrogens (primary N) is 1. The topological polar surface area (TPSA) is 111 Å². The number of methoxy groups -OCH3 is 1. The Balaban J connectivity index is 1.59. The summed E-state index contributed by atoms with van der Waals surface area (Å²) in [5.41, 5.74) is 6.14. The maximum Gasteiger partial charge on any atom is 0.251 e. The monoisotopic (exact) mass is 582 g/mol. The van der Waals surface area contributed by atoms with Gasteiger partial charge in [0.15, 0.2) is 11.5 Å². The number of anilines is 1. The van der Waals surface area contributed by atoms with E-state index in [2.05, 4.69) is 34.2 Å². The third-order valence-corrected chi connectivity index (χ3v) is 8.38. The first-order chi connectivity index (χ1) is 20.1. The summed E-state index contributed by atoms with van der Waals surface area (Å²) in [6, 6.07) is 5.55. The molecule has 11 heteroatoms. The van der Waals surface area contributed by atoms with Crippen LogP contribution in [0.2, 0.25) is 0 Å². The lowest BCUT2D eigenvalue weighted by Gasteiger charge is -2.33. The van der Waals surface area contributed by atoms with Crippen molar-refractivity contribution in [3.05, 3.63) is 48.1 Å². The van der Waals surface area contributed by atoms with Crippen LogP contribution in [0.25, 0.3) is 0 Å². The summed E-state index contributed by atoms with van der Waals surface area (Å²) in [6.45, 7) is 10.1. The van der Waals surface area contributed by atoms with Gasteiger partial charge < -0.3 is 35.8 Å². The second kappa shape index (κ2) is 13.6. The number of nitrogens with one attached hydrogen (secondary N) is 2. The number of likely N-dealkylation sites (tertiary alicyclic amines) is 1. The molecule has 0 bridgehead atoms. The molecule has 1 aromatic carbocycles. The first kappa shape index (κ1) is 31.3. The van der Waals surface area contributed by atoms with E-state index >= 15 is 4.39 Å². The highest BCUT2D eigenvalue weighted by Gasteiger charge is 2.44. The van der Waals surface area contributed by atoms with Crippen LogP contribution in [0.15, 0.2) is 52.5 Å². The summed E-state index contributed by atoms with van der Waals surface area (Å²) in [5.74, 6) is 1.56. The van der Waals surface area contributed by atoms with Crippen molar-refractivity contribution < 1.29 is 13.9 Å². The van der Waals surface area contributed by atoms with Gasteiger partial charge in [-0.3, -0.25) is 9.79 Å². The fraction of sp³-hybridized carbons (Fsp3) is 0.581. The lowest BCUT2D eigenvalue weighted by Crippen LogP contribution is -2.48. The number of ether oxygens (including phenoxy) is 1. The number of carbonyl (C=O) groups excluding carboxylic acids is 1. The largest absolute Gasteiger partial charge is 0.495 e. The van der Waals surface area contributed by atoms with Gasteiger partial charge in [-0.1, -0.05) is 19.4 Å². The molecule has 3 aliphatic rings. The van der Waals surface area contributed by atoms with Gasteiger partial charge in [0.2, 0.25) is 0 Å².